The number of hydrogen-bond donors (Lipinski definition) is 1. The second-order valence-electron chi connectivity index (χ2n) is 5.25. The van der Waals surface area contributed by atoms with Crippen molar-refractivity contribution in [1.82, 2.24) is 10.2 Å². The lowest BCUT2D eigenvalue weighted by Crippen LogP contribution is -2.32. The van der Waals surface area contributed by atoms with Gasteiger partial charge in [-0.05, 0) is 11.6 Å². The Morgan fingerprint density at radius 1 is 1.14 bits per heavy atom. The number of nitrogens with one attached hydrogen (secondary N) is 1. The zero-order valence-electron chi connectivity index (χ0n) is 11.4. The summed E-state index contributed by atoms with van der Waals surface area (Å²) < 4.78 is 0. The summed E-state index contributed by atoms with van der Waals surface area (Å²) in [6.07, 6.45) is 0. The maximum absolute atomic E-state index is 11.5. The monoisotopic (exact) mass is 331 g/mol. The molecule has 0 aliphatic carbocycles. The van der Waals surface area contributed by atoms with Crippen LogP contribution in [0.2, 0.25) is 10.0 Å². The Balaban J connectivity index is 1.88. The number of carbonyl (C=O) groups is 1. The summed E-state index contributed by atoms with van der Waals surface area (Å²) >= 11 is 13.0. The van der Waals surface area contributed by atoms with Gasteiger partial charge in [0.25, 0.3) is 0 Å². The van der Waals surface area contributed by atoms with Crippen LogP contribution in [-0.4, -0.2) is 23.3 Å². The molecule has 4 nitrogen and oxygen atoms in total. The van der Waals surface area contributed by atoms with Gasteiger partial charge in [-0.2, -0.15) is 0 Å². The van der Waals surface area contributed by atoms with Gasteiger partial charge in [0.1, 0.15) is 6.54 Å². The number of nitrogens with zero attached hydrogens (tertiary/aromatic N) is 2. The van der Waals surface area contributed by atoms with Crippen LogP contribution in [0.5, 0.6) is 0 Å². The van der Waals surface area contributed by atoms with E-state index in [4.69, 9.17) is 23.2 Å². The molecule has 0 aromatic heterocycles. The lowest BCUT2D eigenvalue weighted by atomic mass is 10.0. The summed E-state index contributed by atoms with van der Waals surface area (Å²) in [6.45, 7) is 0.848. The van der Waals surface area contributed by atoms with Crippen LogP contribution in [0.15, 0.2) is 41.4 Å². The molecule has 2 heterocycles. The minimum absolute atomic E-state index is 0.0583. The third-order valence-corrected chi connectivity index (χ3v) is 4.53. The van der Waals surface area contributed by atoms with E-state index in [2.05, 4.69) is 10.3 Å². The van der Waals surface area contributed by atoms with Crippen LogP contribution in [0.1, 0.15) is 5.56 Å². The van der Waals surface area contributed by atoms with Crippen molar-refractivity contribution < 1.29 is 4.79 Å². The largest absolute Gasteiger partial charge is 0.329 e. The molecule has 1 saturated heterocycles. The van der Waals surface area contributed by atoms with Crippen LogP contribution in [0.25, 0.3) is 11.1 Å². The van der Waals surface area contributed by atoms with Gasteiger partial charge in [0.15, 0.2) is 0 Å². The Labute approximate surface area is 137 Å². The van der Waals surface area contributed by atoms with Gasteiger partial charge >= 0.3 is 0 Å². The summed E-state index contributed by atoms with van der Waals surface area (Å²) in [5, 5.41) is 3.88. The van der Waals surface area contributed by atoms with Gasteiger partial charge < -0.3 is 4.90 Å². The highest BCUT2D eigenvalue weighted by Crippen LogP contribution is 2.43. The number of halogens is 2. The van der Waals surface area contributed by atoms with E-state index in [9.17, 15) is 4.79 Å². The first-order chi connectivity index (χ1) is 10.6. The van der Waals surface area contributed by atoms with Crippen LogP contribution in [0, 0.1) is 0 Å². The molecule has 2 aliphatic heterocycles. The number of guanidine groups is 1. The molecule has 1 fully saturated rings. The number of benzene rings is 2. The number of hydrogen-bond acceptors (Lipinski definition) is 3. The average Bonchev–Trinajstić information content (AvgIpc) is 2.86. The van der Waals surface area contributed by atoms with Gasteiger partial charge in [-0.25, -0.2) is 4.99 Å². The molecule has 0 saturated carbocycles. The topological polar surface area (TPSA) is 44.7 Å². The lowest BCUT2D eigenvalue weighted by Gasteiger charge is -2.25. The van der Waals surface area contributed by atoms with Crippen molar-refractivity contribution in [2.24, 2.45) is 4.99 Å². The third kappa shape index (κ3) is 2.07. The Morgan fingerprint density at radius 3 is 2.68 bits per heavy atom. The first-order valence-corrected chi connectivity index (χ1v) is 7.59. The zero-order valence-corrected chi connectivity index (χ0v) is 12.9. The minimum atomic E-state index is -0.0583. The smallest absolute Gasteiger partial charge is 0.246 e. The third-order valence-electron chi connectivity index (χ3n) is 3.82. The van der Waals surface area contributed by atoms with E-state index >= 15 is 0 Å². The molecule has 110 valence electrons. The van der Waals surface area contributed by atoms with E-state index in [0.29, 0.717) is 34.8 Å². The van der Waals surface area contributed by atoms with Gasteiger partial charge in [-0.3, -0.25) is 10.1 Å². The summed E-state index contributed by atoms with van der Waals surface area (Å²) in [5.74, 6) is 0.508. The maximum atomic E-state index is 11.5. The molecular formula is C16H11Cl2N3O. The van der Waals surface area contributed by atoms with Gasteiger partial charge in [0.2, 0.25) is 11.9 Å². The molecule has 2 aromatic rings. The van der Waals surface area contributed by atoms with E-state index in [0.717, 1.165) is 16.7 Å². The Bertz CT molecular complexity index is 818. The second kappa shape index (κ2) is 5.00. The highest BCUT2D eigenvalue weighted by atomic mass is 35.5. The van der Waals surface area contributed by atoms with Crippen LogP contribution < -0.4 is 5.32 Å². The van der Waals surface area contributed by atoms with Crippen molar-refractivity contribution in [2.75, 3.05) is 6.54 Å². The van der Waals surface area contributed by atoms with Crippen LogP contribution in [-0.2, 0) is 11.3 Å². The first kappa shape index (κ1) is 13.6. The van der Waals surface area contributed by atoms with Crippen molar-refractivity contribution in [3.05, 3.63) is 52.0 Å². The zero-order chi connectivity index (χ0) is 15.3. The fourth-order valence-electron chi connectivity index (χ4n) is 2.79. The van der Waals surface area contributed by atoms with Gasteiger partial charge in [0.05, 0.1) is 15.7 Å². The minimum Gasteiger partial charge on any atom is -0.329 e. The van der Waals surface area contributed by atoms with Crippen molar-refractivity contribution in [3.8, 4) is 11.1 Å². The quantitative estimate of drug-likeness (QED) is 0.867. The molecule has 0 unspecified atom stereocenters. The highest BCUT2D eigenvalue weighted by Gasteiger charge is 2.31. The molecule has 0 atom stereocenters. The van der Waals surface area contributed by atoms with Crippen molar-refractivity contribution in [1.29, 1.82) is 0 Å². The Kier molecular flexibility index (Phi) is 3.10. The fourth-order valence-corrected chi connectivity index (χ4v) is 3.52. The van der Waals surface area contributed by atoms with Crippen molar-refractivity contribution in [2.45, 2.75) is 6.54 Å². The number of aliphatic imine (C=N–C) groups is 1. The number of amides is 1. The Hall–Kier alpha value is -2.04. The molecule has 0 radical (unpaired) electrons. The fraction of sp³-hybridized carbons (Fsp3) is 0.125. The highest BCUT2D eigenvalue weighted by molar-refractivity contribution is 6.40. The lowest BCUT2D eigenvalue weighted by molar-refractivity contribution is -0.118. The molecule has 1 amide bonds. The van der Waals surface area contributed by atoms with E-state index in [-0.39, 0.29) is 5.91 Å². The Morgan fingerprint density at radius 2 is 1.91 bits per heavy atom. The van der Waals surface area contributed by atoms with Crippen molar-refractivity contribution >= 4 is 40.8 Å². The van der Waals surface area contributed by atoms with Gasteiger partial charge in [-0.1, -0.05) is 53.5 Å². The first-order valence-electron chi connectivity index (χ1n) is 6.83. The molecule has 6 heteroatoms. The predicted molar refractivity (Wildman–Crippen MR) is 87.5 cm³/mol. The van der Waals surface area contributed by atoms with E-state index < -0.39 is 0 Å². The predicted octanol–water partition coefficient (Wildman–Crippen LogP) is 3.59. The van der Waals surface area contributed by atoms with E-state index in [1.165, 1.54) is 0 Å². The van der Waals surface area contributed by atoms with Gasteiger partial charge in [-0.15, -0.1) is 0 Å². The van der Waals surface area contributed by atoms with Crippen LogP contribution in [0.3, 0.4) is 0 Å². The molecule has 0 spiro atoms. The van der Waals surface area contributed by atoms with Gasteiger partial charge in [0, 0.05) is 17.7 Å². The normalized spacial score (nSPS) is 16.0. The maximum Gasteiger partial charge on any atom is 0.246 e. The standard InChI is InChI=1S/C16H11Cl2N3O/c17-11-6-12-10(7-21-8-13(22)20-16(21)19-12)15(18)14(11)9-4-2-1-3-5-9/h1-6H,7-8H2,(H,19,20,22). The molecule has 22 heavy (non-hydrogen) atoms. The number of rotatable bonds is 1. The average molecular weight is 332 g/mol. The van der Waals surface area contributed by atoms with E-state index in [1.54, 1.807) is 6.07 Å². The second-order valence-corrected chi connectivity index (χ2v) is 6.04. The summed E-state index contributed by atoms with van der Waals surface area (Å²) in [4.78, 5) is 17.8. The SMILES string of the molecule is O=C1CN2Cc3c(cc(Cl)c(-c4ccccc4)c3Cl)N=C2N1. The molecule has 2 aliphatic rings. The molecule has 2 aromatic carbocycles. The molecule has 0 bridgehead atoms. The summed E-state index contributed by atoms with van der Waals surface area (Å²) in [5.41, 5.74) is 3.37. The molecular weight excluding hydrogens is 321 g/mol. The number of fused-ring (bicyclic) bond motifs is 2. The number of carbonyl (C=O) groups excluding carboxylic acids is 1. The van der Waals surface area contributed by atoms with Crippen LogP contribution >= 0.6 is 23.2 Å². The van der Waals surface area contributed by atoms with Crippen LogP contribution in [0.4, 0.5) is 5.69 Å². The molecule has 1 N–H and O–H groups in total. The summed E-state index contributed by atoms with van der Waals surface area (Å²) in [7, 11) is 0. The van der Waals surface area contributed by atoms with Crippen molar-refractivity contribution in [3.63, 3.8) is 0 Å². The summed E-state index contributed by atoms with van der Waals surface area (Å²) in [6, 6.07) is 11.6. The molecule has 4 rings (SSSR count). The van der Waals surface area contributed by atoms with E-state index in [1.807, 2.05) is 35.2 Å².